The van der Waals surface area contributed by atoms with Gasteiger partial charge in [0, 0.05) is 25.6 Å². The molecular formula is C32H39N3O3. The zero-order valence-electron chi connectivity index (χ0n) is 22.1. The van der Waals surface area contributed by atoms with Crippen LogP contribution >= 0.6 is 0 Å². The van der Waals surface area contributed by atoms with Crippen molar-refractivity contribution < 1.29 is 14.3 Å². The molecule has 0 aliphatic carbocycles. The number of nitrogens with one attached hydrogen (secondary N) is 1. The number of benzene rings is 3. The molecule has 1 unspecified atom stereocenters. The van der Waals surface area contributed by atoms with Gasteiger partial charge >= 0.3 is 0 Å². The zero-order chi connectivity index (χ0) is 26.6. The zero-order valence-corrected chi connectivity index (χ0v) is 22.1. The number of hydrogen-bond donors (Lipinski definition) is 2. The number of hydrogen-bond acceptors (Lipinski definition) is 4. The Kier molecular flexibility index (Phi) is 10.3. The summed E-state index contributed by atoms with van der Waals surface area (Å²) >= 11 is 0. The monoisotopic (exact) mass is 513 g/mol. The van der Waals surface area contributed by atoms with E-state index in [0.29, 0.717) is 45.5 Å². The highest BCUT2D eigenvalue weighted by molar-refractivity contribution is 5.81. The molecule has 38 heavy (non-hydrogen) atoms. The molecule has 0 saturated heterocycles. The number of rotatable bonds is 13. The summed E-state index contributed by atoms with van der Waals surface area (Å²) in [6, 6.07) is 25.8. The number of ether oxygens (including phenoxy) is 1. The summed E-state index contributed by atoms with van der Waals surface area (Å²) in [6.45, 7) is 2.42. The molecule has 0 bridgehead atoms. The van der Waals surface area contributed by atoms with Crippen molar-refractivity contribution in [1.29, 1.82) is 0 Å². The minimum atomic E-state index is -0.150. The van der Waals surface area contributed by atoms with Gasteiger partial charge in [-0.3, -0.25) is 9.59 Å². The Morgan fingerprint density at radius 2 is 1.55 bits per heavy atom. The molecule has 6 nitrogen and oxygen atoms in total. The van der Waals surface area contributed by atoms with Gasteiger partial charge in [0.25, 0.3) is 0 Å². The molecule has 1 aliphatic heterocycles. The normalized spacial score (nSPS) is 14.6. The lowest BCUT2D eigenvalue weighted by atomic mass is 9.91. The fraction of sp³-hybridized carbons (Fsp3) is 0.375. The molecule has 3 aromatic rings. The van der Waals surface area contributed by atoms with Crippen molar-refractivity contribution in [3.8, 4) is 5.75 Å². The topological polar surface area (TPSA) is 84.7 Å². The predicted molar refractivity (Wildman–Crippen MR) is 151 cm³/mol. The molecule has 1 aliphatic rings. The number of amides is 2. The Morgan fingerprint density at radius 3 is 2.32 bits per heavy atom. The van der Waals surface area contributed by atoms with E-state index in [2.05, 4.69) is 17.4 Å². The van der Waals surface area contributed by atoms with E-state index >= 15 is 0 Å². The van der Waals surface area contributed by atoms with Crippen LogP contribution in [0.3, 0.4) is 0 Å². The summed E-state index contributed by atoms with van der Waals surface area (Å²) < 4.78 is 5.88. The molecule has 3 aromatic carbocycles. The van der Waals surface area contributed by atoms with Crippen LogP contribution in [0.4, 0.5) is 0 Å². The van der Waals surface area contributed by atoms with Crippen molar-refractivity contribution >= 4 is 11.8 Å². The number of carbonyl (C=O) groups excluding carboxylic acids is 2. The third-order valence-corrected chi connectivity index (χ3v) is 7.08. The predicted octanol–water partition coefficient (Wildman–Crippen LogP) is 4.79. The van der Waals surface area contributed by atoms with E-state index in [4.69, 9.17) is 10.5 Å². The second kappa shape index (κ2) is 14.3. The first-order valence-corrected chi connectivity index (χ1v) is 13.7. The summed E-state index contributed by atoms with van der Waals surface area (Å²) in [5.74, 6) is 0.817. The highest BCUT2D eigenvalue weighted by Gasteiger charge is 2.31. The van der Waals surface area contributed by atoms with Crippen LogP contribution in [-0.4, -0.2) is 35.8 Å². The van der Waals surface area contributed by atoms with Gasteiger partial charge in [-0.2, -0.15) is 0 Å². The maximum absolute atomic E-state index is 13.5. The summed E-state index contributed by atoms with van der Waals surface area (Å²) in [5, 5.41) is 3.05. The lowest BCUT2D eigenvalue weighted by molar-refractivity contribution is -0.135. The highest BCUT2D eigenvalue weighted by atomic mass is 16.5. The van der Waals surface area contributed by atoms with Crippen LogP contribution in [0, 0.1) is 0 Å². The van der Waals surface area contributed by atoms with E-state index in [1.54, 1.807) is 0 Å². The maximum atomic E-state index is 13.5. The number of carbonyl (C=O) groups is 2. The molecule has 0 fully saturated rings. The first kappa shape index (κ1) is 27.4. The molecule has 0 spiro atoms. The maximum Gasteiger partial charge on any atom is 0.227 e. The smallest absolute Gasteiger partial charge is 0.227 e. The minimum Gasteiger partial charge on any atom is -0.489 e. The lowest BCUT2D eigenvalue weighted by Crippen LogP contribution is -2.47. The highest BCUT2D eigenvalue weighted by Crippen LogP contribution is 2.26. The van der Waals surface area contributed by atoms with Crippen molar-refractivity contribution in [2.75, 3.05) is 13.1 Å². The van der Waals surface area contributed by atoms with Crippen LogP contribution in [-0.2, 0) is 35.6 Å². The van der Waals surface area contributed by atoms with E-state index in [9.17, 15) is 9.59 Å². The molecule has 1 atom stereocenters. The largest absolute Gasteiger partial charge is 0.489 e. The van der Waals surface area contributed by atoms with Gasteiger partial charge in [0.15, 0.2) is 0 Å². The standard InChI is InChI=1S/C32H39N3O3/c33-18-8-1-2-9-19-34-31(36)22-29-21-27-12-6-7-13-28(27)23-35(29)32(37)20-25-14-16-30(17-15-25)38-24-26-10-4-3-5-11-26/h3-7,10-17,29H,1-2,8-9,18-24,33H2,(H,34,36). The van der Waals surface area contributed by atoms with Crippen LogP contribution in [0.1, 0.15) is 54.4 Å². The van der Waals surface area contributed by atoms with Gasteiger partial charge in [0.1, 0.15) is 12.4 Å². The lowest BCUT2D eigenvalue weighted by Gasteiger charge is -2.37. The number of fused-ring (bicyclic) bond motifs is 1. The van der Waals surface area contributed by atoms with Crippen molar-refractivity contribution in [2.45, 2.75) is 64.1 Å². The molecular weight excluding hydrogens is 474 g/mol. The minimum absolute atomic E-state index is 0.00548. The van der Waals surface area contributed by atoms with Crippen LogP contribution in [0.2, 0.25) is 0 Å². The van der Waals surface area contributed by atoms with Gasteiger partial charge in [-0.05, 0) is 60.2 Å². The third-order valence-electron chi connectivity index (χ3n) is 7.08. The van der Waals surface area contributed by atoms with Crippen molar-refractivity contribution in [3.63, 3.8) is 0 Å². The third kappa shape index (κ3) is 8.18. The Labute approximate surface area is 226 Å². The molecule has 0 saturated carbocycles. The summed E-state index contributed by atoms with van der Waals surface area (Å²) in [7, 11) is 0. The van der Waals surface area contributed by atoms with Gasteiger partial charge in [0.2, 0.25) is 11.8 Å². The van der Waals surface area contributed by atoms with Crippen molar-refractivity contribution in [2.24, 2.45) is 5.73 Å². The Hall–Kier alpha value is -3.64. The number of nitrogens with two attached hydrogens (primary N) is 1. The van der Waals surface area contributed by atoms with Gasteiger partial charge in [-0.25, -0.2) is 0 Å². The van der Waals surface area contributed by atoms with E-state index in [0.717, 1.165) is 48.1 Å². The van der Waals surface area contributed by atoms with Crippen LogP contribution in [0.15, 0.2) is 78.9 Å². The van der Waals surface area contributed by atoms with Gasteiger partial charge in [-0.1, -0.05) is 79.6 Å². The SMILES string of the molecule is NCCCCCCNC(=O)CC1Cc2ccccc2CN1C(=O)Cc1ccc(OCc2ccccc2)cc1. The fourth-order valence-electron chi connectivity index (χ4n) is 4.92. The number of nitrogens with zero attached hydrogens (tertiary/aromatic N) is 1. The van der Waals surface area contributed by atoms with Crippen LogP contribution in [0.25, 0.3) is 0 Å². The van der Waals surface area contributed by atoms with E-state index in [-0.39, 0.29) is 17.9 Å². The van der Waals surface area contributed by atoms with E-state index in [1.165, 1.54) is 5.56 Å². The molecule has 1 heterocycles. The van der Waals surface area contributed by atoms with Gasteiger partial charge in [-0.15, -0.1) is 0 Å². The molecule has 3 N–H and O–H groups in total. The average Bonchev–Trinajstić information content (AvgIpc) is 2.94. The first-order valence-electron chi connectivity index (χ1n) is 13.7. The van der Waals surface area contributed by atoms with Crippen molar-refractivity contribution in [3.05, 3.63) is 101 Å². The average molecular weight is 514 g/mol. The Balaban J connectivity index is 1.34. The number of unbranched alkanes of at least 4 members (excludes halogenated alkanes) is 3. The second-order valence-electron chi connectivity index (χ2n) is 10.0. The molecule has 0 aromatic heterocycles. The van der Waals surface area contributed by atoms with Gasteiger partial charge < -0.3 is 20.7 Å². The van der Waals surface area contributed by atoms with Crippen LogP contribution < -0.4 is 15.8 Å². The van der Waals surface area contributed by atoms with Gasteiger partial charge in [0.05, 0.1) is 6.42 Å². The summed E-state index contributed by atoms with van der Waals surface area (Å²) in [5.41, 5.74) is 9.96. The van der Waals surface area contributed by atoms with E-state index in [1.807, 2.05) is 71.6 Å². The van der Waals surface area contributed by atoms with E-state index < -0.39 is 0 Å². The molecule has 4 rings (SSSR count). The molecule has 2 amide bonds. The molecule has 0 radical (unpaired) electrons. The quantitative estimate of drug-likeness (QED) is 0.322. The van der Waals surface area contributed by atoms with Crippen molar-refractivity contribution in [1.82, 2.24) is 10.2 Å². The Bertz CT molecular complexity index is 1160. The summed E-state index contributed by atoms with van der Waals surface area (Å²) in [6.07, 6.45) is 5.43. The Morgan fingerprint density at radius 1 is 0.842 bits per heavy atom. The fourth-order valence-corrected chi connectivity index (χ4v) is 4.92. The molecule has 200 valence electrons. The first-order chi connectivity index (χ1) is 18.6. The summed E-state index contributed by atoms with van der Waals surface area (Å²) in [4.78, 5) is 28.1. The second-order valence-corrected chi connectivity index (χ2v) is 10.0. The van der Waals surface area contributed by atoms with Crippen LogP contribution in [0.5, 0.6) is 5.75 Å². The molecule has 6 heteroatoms.